The minimum atomic E-state index is 0.592. The van der Waals surface area contributed by atoms with Gasteiger partial charge in [-0.25, -0.2) is 4.98 Å². The number of imidazole rings is 1. The molecular formula is C20H23N5S. The molecule has 4 aromatic rings. The lowest BCUT2D eigenvalue weighted by Gasteiger charge is -2.09. The van der Waals surface area contributed by atoms with Gasteiger partial charge in [-0.2, -0.15) is 5.10 Å². The molecule has 0 radical (unpaired) electrons. The molecule has 0 amide bonds. The third-order valence-corrected chi connectivity index (χ3v) is 6.41. The first-order valence-corrected chi connectivity index (χ1v) is 10.1. The fourth-order valence-electron chi connectivity index (χ4n) is 4.03. The molecule has 6 heteroatoms. The topological polar surface area (TPSA) is 47.1 Å². The van der Waals surface area contributed by atoms with Crippen molar-refractivity contribution in [2.45, 2.75) is 32.1 Å². The second-order valence-electron chi connectivity index (χ2n) is 7.36. The SMILES string of the molecule is Cc1cc(-c2cn3cc([C@H]4CCCNCC4)nc3s2)cc2cn(C)nc12. The fourth-order valence-corrected chi connectivity index (χ4v) is 4.99. The van der Waals surface area contributed by atoms with Crippen LogP contribution in [0.3, 0.4) is 0 Å². The molecule has 0 aliphatic carbocycles. The number of aromatic nitrogens is 4. The zero-order valence-electron chi connectivity index (χ0n) is 15.2. The van der Waals surface area contributed by atoms with E-state index < -0.39 is 0 Å². The van der Waals surface area contributed by atoms with Crippen LogP contribution < -0.4 is 5.32 Å². The normalized spacial score (nSPS) is 18.6. The van der Waals surface area contributed by atoms with Gasteiger partial charge in [0, 0.05) is 36.9 Å². The molecule has 4 heterocycles. The highest BCUT2D eigenvalue weighted by atomic mass is 32.1. The lowest BCUT2D eigenvalue weighted by molar-refractivity contribution is 0.597. The molecule has 1 saturated heterocycles. The first-order valence-electron chi connectivity index (χ1n) is 9.31. The summed E-state index contributed by atoms with van der Waals surface area (Å²) in [7, 11) is 1.98. The molecule has 134 valence electrons. The lowest BCUT2D eigenvalue weighted by Crippen LogP contribution is -2.13. The van der Waals surface area contributed by atoms with Crippen molar-refractivity contribution in [3.8, 4) is 10.4 Å². The molecule has 5 nitrogen and oxygen atoms in total. The average Bonchev–Trinajstić information content (AvgIpc) is 3.21. The Kier molecular flexibility index (Phi) is 3.83. The first kappa shape index (κ1) is 16.0. The number of nitrogens with one attached hydrogen (secondary N) is 1. The van der Waals surface area contributed by atoms with Gasteiger partial charge in [0.2, 0.25) is 0 Å². The van der Waals surface area contributed by atoms with Crippen molar-refractivity contribution >= 4 is 27.2 Å². The molecule has 1 atom stereocenters. The van der Waals surface area contributed by atoms with E-state index in [0.717, 1.165) is 23.6 Å². The highest BCUT2D eigenvalue weighted by Crippen LogP contribution is 2.34. The Hall–Kier alpha value is -2.18. The van der Waals surface area contributed by atoms with Gasteiger partial charge in [-0.3, -0.25) is 9.08 Å². The molecule has 0 spiro atoms. The van der Waals surface area contributed by atoms with E-state index in [1.54, 1.807) is 11.3 Å². The van der Waals surface area contributed by atoms with Crippen LogP contribution in [0.1, 0.15) is 36.4 Å². The summed E-state index contributed by atoms with van der Waals surface area (Å²) in [6.07, 6.45) is 10.2. The molecule has 5 rings (SSSR count). The molecule has 0 bridgehead atoms. The van der Waals surface area contributed by atoms with Gasteiger partial charge >= 0.3 is 0 Å². The van der Waals surface area contributed by atoms with Crippen LogP contribution >= 0.6 is 11.3 Å². The molecular weight excluding hydrogens is 342 g/mol. The van der Waals surface area contributed by atoms with Crippen LogP contribution in [0.5, 0.6) is 0 Å². The van der Waals surface area contributed by atoms with E-state index in [1.807, 2.05) is 11.7 Å². The summed E-state index contributed by atoms with van der Waals surface area (Å²) >= 11 is 1.77. The third kappa shape index (κ3) is 2.73. The molecule has 1 N–H and O–H groups in total. The van der Waals surface area contributed by atoms with E-state index in [9.17, 15) is 0 Å². The number of rotatable bonds is 2. The quantitative estimate of drug-likeness (QED) is 0.581. The molecule has 26 heavy (non-hydrogen) atoms. The minimum absolute atomic E-state index is 0.592. The maximum absolute atomic E-state index is 4.95. The maximum Gasteiger partial charge on any atom is 0.194 e. The Labute approximate surface area is 156 Å². The summed E-state index contributed by atoms with van der Waals surface area (Å²) < 4.78 is 4.09. The Morgan fingerprint density at radius 1 is 1.15 bits per heavy atom. The lowest BCUT2D eigenvalue weighted by atomic mass is 9.98. The summed E-state index contributed by atoms with van der Waals surface area (Å²) in [6.45, 7) is 4.38. The molecule has 1 aliphatic rings. The van der Waals surface area contributed by atoms with Crippen LogP contribution in [0.2, 0.25) is 0 Å². The predicted octanol–water partition coefficient (Wildman–Crippen LogP) is 4.12. The highest BCUT2D eigenvalue weighted by molar-refractivity contribution is 7.20. The van der Waals surface area contributed by atoms with Crippen LogP contribution in [0, 0.1) is 6.92 Å². The van der Waals surface area contributed by atoms with Crippen LogP contribution in [-0.4, -0.2) is 32.3 Å². The summed E-state index contributed by atoms with van der Waals surface area (Å²) in [5, 5.41) is 9.23. The summed E-state index contributed by atoms with van der Waals surface area (Å²) in [5.74, 6) is 0.592. The molecule has 1 aromatic carbocycles. The minimum Gasteiger partial charge on any atom is -0.317 e. The number of benzene rings is 1. The second kappa shape index (κ2) is 6.21. The van der Waals surface area contributed by atoms with Gasteiger partial charge in [-0.05, 0) is 62.5 Å². The molecule has 0 unspecified atom stereocenters. The van der Waals surface area contributed by atoms with E-state index >= 15 is 0 Å². The van der Waals surface area contributed by atoms with E-state index in [-0.39, 0.29) is 0 Å². The number of hydrogen-bond donors (Lipinski definition) is 1. The Balaban J connectivity index is 1.51. The standard InChI is InChI=1S/C20H23N5S/c1-13-8-15(9-16-10-24(2)23-19(13)16)18-12-25-11-17(22-20(25)26-18)14-4-3-6-21-7-5-14/h8-12,14,21H,3-7H2,1-2H3/t14-/m0/s1. The van der Waals surface area contributed by atoms with E-state index in [2.05, 4.69) is 52.5 Å². The van der Waals surface area contributed by atoms with Crippen molar-refractivity contribution in [3.05, 3.63) is 42.0 Å². The van der Waals surface area contributed by atoms with Gasteiger partial charge in [0.1, 0.15) is 0 Å². The maximum atomic E-state index is 4.95. The van der Waals surface area contributed by atoms with Gasteiger partial charge in [-0.1, -0.05) is 11.3 Å². The van der Waals surface area contributed by atoms with Crippen LogP contribution in [-0.2, 0) is 7.05 Å². The predicted molar refractivity (Wildman–Crippen MR) is 107 cm³/mol. The van der Waals surface area contributed by atoms with Crippen molar-refractivity contribution in [3.63, 3.8) is 0 Å². The zero-order chi connectivity index (χ0) is 17.7. The van der Waals surface area contributed by atoms with Gasteiger partial charge in [0.15, 0.2) is 4.96 Å². The van der Waals surface area contributed by atoms with E-state index in [4.69, 9.17) is 4.98 Å². The van der Waals surface area contributed by atoms with Crippen molar-refractivity contribution in [2.75, 3.05) is 13.1 Å². The van der Waals surface area contributed by atoms with E-state index in [0.29, 0.717) is 5.92 Å². The monoisotopic (exact) mass is 365 g/mol. The van der Waals surface area contributed by atoms with Crippen molar-refractivity contribution < 1.29 is 0 Å². The number of nitrogens with zero attached hydrogens (tertiary/aromatic N) is 4. The molecule has 1 fully saturated rings. The molecule has 1 aliphatic heterocycles. The van der Waals surface area contributed by atoms with Crippen LogP contribution in [0.15, 0.2) is 30.7 Å². The number of thiazole rings is 1. The molecule has 0 saturated carbocycles. The van der Waals surface area contributed by atoms with Gasteiger partial charge in [0.05, 0.1) is 16.1 Å². The highest BCUT2D eigenvalue weighted by Gasteiger charge is 2.18. The Morgan fingerprint density at radius 2 is 2.08 bits per heavy atom. The van der Waals surface area contributed by atoms with E-state index in [1.165, 1.54) is 46.3 Å². The third-order valence-electron chi connectivity index (χ3n) is 5.37. The zero-order valence-corrected chi connectivity index (χ0v) is 16.0. The Bertz CT molecular complexity index is 1050. The summed E-state index contributed by atoms with van der Waals surface area (Å²) in [5.41, 5.74) is 4.81. The van der Waals surface area contributed by atoms with Crippen molar-refractivity contribution in [2.24, 2.45) is 7.05 Å². The Morgan fingerprint density at radius 3 is 2.96 bits per heavy atom. The van der Waals surface area contributed by atoms with Crippen LogP contribution in [0.25, 0.3) is 26.3 Å². The largest absolute Gasteiger partial charge is 0.317 e. The van der Waals surface area contributed by atoms with Gasteiger partial charge in [-0.15, -0.1) is 0 Å². The number of aryl methyl sites for hydroxylation is 2. The second-order valence-corrected chi connectivity index (χ2v) is 8.37. The van der Waals surface area contributed by atoms with Crippen molar-refractivity contribution in [1.82, 2.24) is 24.5 Å². The smallest absolute Gasteiger partial charge is 0.194 e. The van der Waals surface area contributed by atoms with Gasteiger partial charge < -0.3 is 5.32 Å². The van der Waals surface area contributed by atoms with Crippen molar-refractivity contribution in [1.29, 1.82) is 0 Å². The summed E-state index contributed by atoms with van der Waals surface area (Å²) in [6, 6.07) is 4.47. The first-order chi connectivity index (χ1) is 12.7. The van der Waals surface area contributed by atoms with Crippen LogP contribution in [0.4, 0.5) is 0 Å². The van der Waals surface area contributed by atoms with Gasteiger partial charge in [0.25, 0.3) is 0 Å². The number of hydrogen-bond acceptors (Lipinski definition) is 4. The summed E-state index contributed by atoms with van der Waals surface area (Å²) in [4.78, 5) is 7.30. The number of fused-ring (bicyclic) bond motifs is 2. The molecule has 3 aromatic heterocycles. The fraction of sp³-hybridized carbons (Fsp3) is 0.400. The average molecular weight is 366 g/mol.